The van der Waals surface area contributed by atoms with Gasteiger partial charge in [0.25, 0.3) is 0 Å². The Hall–Kier alpha value is -3.07. The van der Waals surface area contributed by atoms with Crippen molar-refractivity contribution in [3.8, 4) is 11.5 Å². The van der Waals surface area contributed by atoms with Crippen LogP contribution in [0.5, 0.6) is 11.5 Å². The van der Waals surface area contributed by atoms with Crippen molar-refractivity contribution < 1.29 is 33.3 Å². The number of rotatable bonds is 10. The fourth-order valence-electron chi connectivity index (χ4n) is 5.23. The number of ether oxygens (including phenoxy) is 4. The first-order chi connectivity index (χ1) is 17.0. The fraction of sp³-hybridized carbons (Fsp3) is 0.577. The van der Waals surface area contributed by atoms with Crippen LogP contribution in [-0.2, 0) is 30.4 Å². The number of carbonyl (C=O) groups excluding carboxylic acids is 3. The van der Waals surface area contributed by atoms with Crippen LogP contribution in [0.4, 0.5) is 0 Å². The predicted octanol–water partition coefficient (Wildman–Crippen LogP) is 2.92. The summed E-state index contributed by atoms with van der Waals surface area (Å²) in [7, 11) is 1.61. The van der Waals surface area contributed by atoms with E-state index in [0.717, 1.165) is 18.4 Å². The number of esters is 1. The number of allylic oxidation sites excluding steroid dienone is 1. The number of nitrogens with one attached hydrogen (secondary N) is 1. The Bertz CT molecular complexity index is 992. The highest BCUT2D eigenvalue weighted by Gasteiger charge is 2.54. The van der Waals surface area contributed by atoms with Gasteiger partial charge in [-0.1, -0.05) is 12.1 Å². The van der Waals surface area contributed by atoms with Gasteiger partial charge in [-0.25, -0.2) is 0 Å². The van der Waals surface area contributed by atoms with Crippen LogP contribution in [-0.4, -0.2) is 56.3 Å². The summed E-state index contributed by atoms with van der Waals surface area (Å²) in [6, 6.07) is 5.57. The molecule has 2 amide bonds. The van der Waals surface area contributed by atoms with Crippen LogP contribution in [0.2, 0.25) is 0 Å². The first kappa shape index (κ1) is 25.0. The normalized spacial score (nSPS) is 22.9. The highest BCUT2D eigenvalue weighted by molar-refractivity contribution is 5.92. The Morgan fingerprint density at radius 3 is 2.89 bits per heavy atom. The van der Waals surface area contributed by atoms with Gasteiger partial charge in [0, 0.05) is 38.3 Å². The Kier molecular flexibility index (Phi) is 7.95. The molecule has 9 nitrogen and oxygen atoms in total. The number of carbonyl (C=O) groups is 3. The van der Waals surface area contributed by atoms with Gasteiger partial charge in [-0.2, -0.15) is 0 Å². The summed E-state index contributed by atoms with van der Waals surface area (Å²) >= 11 is 0. The Morgan fingerprint density at radius 2 is 2.09 bits per heavy atom. The van der Waals surface area contributed by atoms with Crippen LogP contribution >= 0.6 is 0 Å². The standard InChI is InChI=1S/C26H34N2O7/c1-3-33-25(31)26-10-5-4-7-22(26)28(16-18-8-9-20-21(13-18)35-17-34-20)24(30)19(15-26)14-23(29)27-11-6-12-32-2/h7-9,13,19H,3-6,10-12,14-17H2,1-2H3,(H,27,29)/t19-,26+/m1/s1. The molecule has 9 heteroatoms. The molecule has 0 unspecified atom stereocenters. The van der Waals surface area contributed by atoms with E-state index in [2.05, 4.69) is 5.32 Å². The first-order valence-corrected chi connectivity index (χ1v) is 12.3. The molecule has 0 radical (unpaired) electrons. The van der Waals surface area contributed by atoms with Crippen LogP contribution in [0.1, 0.15) is 51.0 Å². The molecule has 1 aromatic rings. The summed E-state index contributed by atoms with van der Waals surface area (Å²) in [5.41, 5.74) is 0.623. The fourth-order valence-corrected chi connectivity index (χ4v) is 5.23. The van der Waals surface area contributed by atoms with Crippen molar-refractivity contribution in [1.82, 2.24) is 10.2 Å². The lowest BCUT2D eigenvalue weighted by Crippen LogP contribution is -2.54. The monoisotopic (exact) mass is 486 g/mol. The Morgan fingerprint density at radius 1 is 1.26 bits per heavy atom. The molecule has 0 spiro atoms. The average Bonchev–Trinajstić information content (AvgIpc) is 3.32. The maximum absolute atomic E-state index is 13.7. The zero-order valence-corrected chi connectivity index (χ0v) is 20.5. The minimum atomic E-state index is -0.931. The van der Waals surface area contributed by atoms with Gasteiger partial charge in [0.15, 0.2) is 11.5 Å². The van der Waals surface area contributed by atoms with Gasteiger partial charge in [-0.3, -0.25) is 14.4 Å². The molecule has 1 aliphatic carbocycles. The van der Waals surface area contributed by atoms with Crippen molar-refractivity contribution in [3.05, 3.63) is 35.5 Å². The highest BCUT2D eigenvalue weighted by atomic mass is 16.7. The molecule has 35 heavy (non-hydrogen) atoms. The Balaban J connectivity index is 1.61. The molecular weight excluding hydrogens is 452 g/mol. The minimum Gasteiger partial charge on any atom is -0.465 e. The third-order valence-corrected chi connectivity index (χ3v) is 6.86. The number of methoxy groups -OCH3 is 1. The van der Waals surface area contributed by atoms with Crippen LogP contribution in [0.25, 0.3) is 0 Å². The summed E-state index contributed by atoms with van der Waals surface area (Å²) in [5.74, 6) is 0.00552. The van der Waals surface area contributed by atoms with Crippen molar-refractivity contribution in [3.63, 3.8) is 0 Å². The van der Waals surface area contributed by atoms with Crippen molar-refractivity contribution in [2.45, 2.75) is 52.0 Å². The maximum atomic E-state index is 13.7. The van der Waals surface area contributed by atoms with E-state index in [1.807, 2.05) is 24.3 Å². The summed E-state index contributed by atoms with van der Waals surface area (Å²) in [5, 5.41) is 2.87. The topological polar surface area (TPSA) is 103 Å². The van der Waals surface area contributed by atoms with E-state index in [1.54, 1.807) is 18.9 Å². The van der Waals surface area contributed by atoms with E-state index in [0.29, 0.717) is 43.2 Å². The third-order valence-electron chi connectivity index (χ3n) is 6.86. The molecule has 1 N–H and O–H groups in total. The lowest BCUT2D eigenvalue weighted by molar-refractivity contribution is -0.162. The molecule has 2 atom stereocenters. The second-order valence-corrected chi connectivity index (χ2v) is 9.20. The number of amides is 2. The molecular formula is C26H34N2O7. The van der Waals surface area contributed by atoms with Gasteiger partial charge in [0.05, 0.1) is 13.2 Å². The van der Waals surface area contributed by atoms with Crippen molar-refractivity contribution in [2.75, 3.05) is 33.7 Å². The molecule has 1 fully saturated rings. The third kappa shape index (κ3) is 5.29. The second-order valence-electron chi connectivity index (χ2n) is 9.20. The Labute approximate surface area is 205 Å². The number of hydrogen-bond donors (Lipinski definition) is 1. The molecule has 3 aliphatic rings. The molecule has 0 aromatic heterocycles. The maximum Gasteiger partial charge on any atom is 0.318 e. The molecule has 4 rings (SSSR count). The zero-order chi connectivity index (χ0) is 24.8. The van der Waals surface area contributed by atoms with E-state index < -0.39 is 11.3 Å². The number of nitrogens with zero attached hydrogens (tertiary/aromatic N) is 1. The van der Waals surface area contributed by atoms with Crippen LogP contribution in [0.3, 0.4) is 0 Å². The lowest BCUT2D eigenvalue weighted by atomic mass is 9.66. The zero-order valence-electron chi connectivity index (χ0n) is 20.5. The van der Waals surface area contributed by atoms with Crippen LogP contribution in [0, 0.1) is 11.3 Å². The second kappa shape index (κ2) is 11.1. The smallest absolute Gasteiger partial charge is 0.318 e. The molecule has 0 saturated carbocycles. The number of hydrogen-bond acceptors (Lipinski definition) is 7. The summed E-state index contributed by atoms with van der Waals surface area (Å²) in [6.45, 7) is 3.50. The van der Waals surface area contributed by atoms with E-state index in [4.69, 9.17) is 18.9 Å². The molecule has 190 valence electrons. The van der Waals surface area contributed by atoms with Gasteiger partial charge in [-0.05, 0) is 56.7 Å². The summed E-state index contributed by atoms with van der Waals surface area (Å²) in [6.07, 6.45) is 5.19. The van der Waals surface area contributed by atoms with Crippen LogP contribution < -0.4 is 14.8 Å². The number of piperidine rings is 1. The first-order valence-electron chi connectivity index (χ1n) is 12.3. The molecule has 2 heterocycles. The minimum absolute atomic E-state index is 0.0257. The highest BCUT2D eigenvalue weighted by Crippen LogP contribution is 2.50. The number of benzene rings is 1. The van der Waals surface area contributed by atoms with Gasteiger partial charge in [0.1, 0.15) is 5.41 Å². The van der Waals surface area contributed by atoms with E-state index in [9.17, 15) is 14.4 Å². The molecule has 2 aliphatic heterocycles. The van der Waals surface area contributed by atoms with E-state index in [1.165, 1.54) is 0 Å². The summed E-state index contributed by atoms with van der Waals surface area (Å²) < 4.78 is 21.4. The molecule has 1 aromatic carbocycles. The van der Waals surface area contributed by atoms with Crippen molar-refractivity contribution in [2.24, 2.45) is 11.3 Å². The number of fused-ring (bicyclic) bond motifs is 2. The van der Waals surface area contributed by atoms with Crippen molar-refractivity contribution >= 4 is 17.8 Å². The SMILES string of the molecule is CCOC(=O)[C@]12CCCC=C1N(Cc1ccc3c(c1)OCO3)C(=O)[C@H](CC(=O)NCCCOC)C2. The van der Waals surface area contributed by atoms with Gasteiger partial charge < -0.3 is 29.2 Å². The average molecular weight is 487 g/mol. The predicted molar refractivity (Wildman–Crippen MR) is 126 cm³/mol. The molecule has 1 saturated heterocycles. The largest absolute Gasteiger partial charge is 0.465 e. The van der Waals surface area contributed by atoms with Gasteiger partial charge in [-0.15, -0.1) is 0 Å². The number of likely N-dealkylation sites (tertiary alicyclic amines) is 1. The summed E-state index contributed by atoms with van der Waals surface area (Å²) in [4.78, 5) is 41.4. The quantitative estimate of drug-likeness (QED) is 0.401. The lowest BCUT2D eigenvalue weighted by Gasteiger charge is -2.48. The molecule has 0 bridgehead atoms. The van der Waals surface area contributed by atoms with Gasteiger partial charge in [0.2, 0.25) is 18.6 Å². The van der Waals surface area contributed by atoms with Gasteiger partial charge >= 0.3 is 5.97 Å². The van der Waals surface area contributed by atoms with Crippen LogP contribution in [0.15, 0.2) is 30.0 Å². The van der Waals surface area contributed by atoms with Crippen molar-refractivity contribution in [1.29, 1.82) is 0 Å². The van der Waals surface area contributed by atoms with E-state index in [-0.39, 0.29) is 50.6 Å². The van der Waals surface area contributed by atoms with E-state index >= 15 is 0 Å².